The van der Waals surface area contributed by atoms with E-state index >= 15 is 0 Å². The van der Waals surface area contributed by atoms with Gasteiger partial charge in [-0.1, -0.05) is 30.3 Å². The summed E-state index contributed by atoms with van der Waals surface area (Å²) in [5.74, 6) is 0. The molecule has 2 fully saturated rings. The fraction of sp³-hybridized carbons (Fsp3) is 0.444. The van der Waals surface area contributed by atoms with Crippen molar-refractivity contribution < 1.29 is 19.4 Å². The van der Waals surface area contributed by atoms with Crippen LogP contribution in [0.4, 0.5) is 4.79 Å². The summed E-state index contributed by atoms with van der Waals surface area (Å²) in [5.41, 5.74) is 1.97. The van der Waals surface area contributed by atoms with Gasteiger partial charge in [-0.2, -0.15) is 5.10 Å². The van der Waals surface area contributed by atoms with Gasteiger partial charge in [0.2, 0.25) is 0 Å². The topological polar surface area (TPSA) is 97.6 Å². The third-order valence-electron chi connectivity index (χ3n) is 4.76. The Bertz CT molecular complexity index is 766. The van der Waals surface area contributed by atoms with E-state index in [2.05, 4.69) is 15.7 Å². The van der Waals surface area contributed by atoms with Crippen LogP contribution in [0.3, 0.4) is 0 Å². The van der Waals surface area contributed by atoms with E-state index < -0.39 is 24.5 Å². The van der Waals surface area contributed by atoms with Crippen molar-refractivity contribution in [2.24, 2.45) is 0 Å². The van der Waals surface area contributed by atoms with Crippen LogP contribution in [0.2, 0.25) is 0 Å². The van der Waals surface area contributed by atoms with Crippen LogP contribution in [0.25, 0.3) is 0 Å². The molecule has 5 atom stereocenters. The molecule has 0 aliphatic carbocycles. The average molecular weight is 358 g/mol. The Kier molecular flexibility index (Phi) is 4.62. The molecule has 0 saturated carbocycles. The van der Waals surface area contributed by atoms with E-state index in [1.54, 1.807) is 10.9 Å². The molecule has 4 rings (SSSR count). The molecule has 1 aromatic heterocycles. The van der Waals surface area contributed by atoms with Crippen LogP contribution in [-0.4, -0.2) is 52.1 Å². The summed E-state index contributed by atoms with van der Waals surface area (Å²) in [7, 11) is 0. The lowest BCUT2D eigenvalue weighted by molar-refractivity contribution is -0.166. The maximum atomic E-state index is 12.3. The summed E-state index contributed by atoms with van der Waals surface area (Å²) in [6.07, 6.45) is 1.71. The Balaban J connectivity index is 1.43. The minimum absolute atomic E-state index is 0.322. The first-order valence-electron chi connectivity index (χ1n) is 8.66. The first kappa shape index (κ1) is 17.0. The number of hydrogen-bond donors (Lipinski definition) is 3. The predicted octanol–water partition coefficient (Wildman–Crippen LogP) is 0.717. The minimum atomic E-state index is -0.872. The number of hydrogen-bond acceptors (Lipinski definition) is 5. The van der Waals surface area contributed by atoms with E-state index in [4.69, 9.17) is 9.47 Å². The number of nitrogens with zero attached hydrogens (tertiary/aromatic N) is 2. The van der Waals surface area contributed by atoms with Crippen molar-refractivity contribution in [1.29, 1.82) is 0 Å². The lowest BCUT2D eigenvalue weighted by Gasteiger charge is -2.38. The van der Waals surface area contributed by atoms with Crippen molar-refractivity contribution in [2.75, 3.05) is 6.61 Å². The molecule has 0 radical (unpaired) electrons. The zero-order valence-electron chi connectivity index (χ0n) is 14.4. The number of aliphatic hydroxyl groups is 1. The summed E-state index contributed by atoms with van der Waals surface area (Å²) >= 11 is 0. The number of aryl methyl sites for hydroxylation is 1. The molecule has 2 aliphatic rings. The van der Waals surface area contributed by atoms with Crippen LogP contribution < -0.4 is 10.6 Å². The van der Waals surface area contributed by atoms with Gasteiger partial charge in [0.05, 0.1) is 18.8 Å². The number of aromatic nitrogens is 2. The standard InChI is InChI=1S/C18H22N4O4/c1-11-7-20-22(9-11)15-16(23)14(13-10-25-17(15)26-13)21-18(24)19-8-12-5-3-2-4-6-12/h2-7,9,13-17,23H,8,10H2,1H3,(H2,19,21,24)/t13-,14-,15-,16+,17-/m1/s1. The van der Waals surface area contributed by atoms with Crippen LogP contribution >= 0.6 is 0 Å². The van der Waals surface area contributed by atoms with Gasteiger partial charge in [0.15, 0.2) is 6.29 Å². The molecule has 8 heteroatoms. The fourth-order valence-electron chi connectivity index (χ4n) is 3.44. The summed E-state index contributed by atoms with van der Waals surface area (Å²) in [5, 5.41) is 20.7. The Morgan fingerprint density at radius 3 is 2.92 bits per heavy atom. The lowest BCUT2D eigenvalue weighted by Crippen LogP contribution is -2.60. The van der Waals surface area contributed by atoms with Gasteiger partial charge < -0.3 is 25.2 Å². The van der Waals surface area contributed by atoms with E-state index in [1.165, 1.54) is 0 Å². The Hall–Kier alpha value is -2.42. The van der Waals surface area contributed by atoms with Crippen LogP contribution in [0.5, 0.6) is 0 Å². The number of aliphatic hydroxyl groups excluding tert-OH is 1. The quantitative estimate of drug-likeness (QED) is 0.748. The highest BCUT2D eigenvalue weighted by molar-refractivity contribution is 5.74. The van der Waals surface area contributed by atoms with Gasteiger partial charge in [0.25, 0.3) is 0 Å². The van der Waals surface area contributed by atoms with E-state index in [0.717, 1.165) is 11.1 Å². The number of ether oxygens (including phenoxy) is 2. The van der Waals surface area contributed by atoms with Gasteiger partial charge >= 0.3 is 6.03 Å². The fourth-order valence-corrected chi connectivity index (χ4v) is 3.44. The predicted molar refractivity (Wildman–Crippen MR) is 92.2 cm³/mol. The Morgan fingerprint density at radius 1 is 1.38 bits per heavy atom. The molecule has 2 aromatic rings. The molecule has 8 nitrogen and oxygen atoms in total. The molecule has 138 valence electrons. The number of nitrogens with one attached hydrogen (secondary N) is 2. The highest BCUT2D eigenvalue weighted by atomic mass is 16.7. The van der Waals surface area contributed by atoms with Crippen molar-refractivity contribution in [3.8, 4) is 0 Å². The summed E-state index contributed by atoms with van der Waals surface area (Å²) in [6.45, 7) is 2.65. The highest BCUT2D eigenvalue weighted by Gasteiger charge is 2.51. The maximum absolute atomic E-state index is 12.3. The van der Waals surface area contributed by atoms with Crippen molar-refractivity contribution in [3.63, 3.8) is 0 Å². The molecule has 3 heterocycles. The SMILES string of the molecule is Cc1cnn([C@H]2[C@@H]3OC[C@@H](O3)[C@@H](NC(=O)NCc3ccccc3)[C@@H]2O)c1. The van der Waals surface area contributed by atoms with Gasteiger partial charge in [0, 0.05) is 12.7 Å². The van der Waals surface area contributed by atoms with Gasteiger partial charge in [-0.05, 0) is 18.1 Å². The van der Waals surface area contributed by atoms with Crippen LogP contribution in [0.1, 0.15) is 17.2 Å². The number of fused-ring (bicyclic) bond motifs is 2. The molecular weight excluding hydrogens is 336 g/mol. The van der Waals surface area contributed by atoms with E-state index in [0.29, 0.717) is 13.2 Å². The number of carbonyl (C=O) groups excluding carboxylic acids is 1. The normalized spacial score (nSPS) is 30.2. The van der Waals surface area contributed by atoms with Crippen molar-refractivity contribution in [3.05, 3.63) is 53.9 Å². The van der Waals surface area contributed by atoms with E-state index in [9.17, 15) is 9.90 Å². The smallest absolute Gasteiger partial charge is 0.315 e. The van der Waals surface area contributed by atoms with Crippen LogP contribution in [0.15, 0.2) is 42.7 Å². The Morgan fingerprint density at radius 2 is 2.19 bits per heavy atom. The number of urea groups is 1. The van der Waals surface area contributed by atoms with E-state index in [1.807, 2.05) is 43.5 Å². The summed E-state index contributed by atoms with van der Waals surface area (Å²) in [6, 6.07) is 8.17. The molecule has 26 heavy (non-hydrogen) atoms. The van der Waals surface area contributed by atoms with Gasteiger partial charge in [-0.25, -0.2) is 4.79 Å². The lowest BCUT2D eigenvalue weighted by atomic mass is 9.96. The molecule has 3 N–H and O–H groups in total. The second kappa shape index (κ2) is 7.06. The molecule has 2 amide bonds. The van der Waals surface area contributed by atoms with E-state index in [-0.39, 0.29) is 12.1 Å². The first-order chi connectivity index (χ1) is 12.6. The highest BCUT2D eigenvalue weighted by Crippen LogP contribution is 2.35. The monoisotopic (exact) mass is 358 g/mol. The molecule has 1 aromatic carbocycles. The maximum Gasteiger partial charge on any atom is 0.315 e. The van der Waals surface area contributed by atoms with Gasteiger partial charge in [-0.3, -0.25) is 4.68 Å². The number of carbonyl (C=O) groups is 1. The summed E-state index contributed by atoms with van der Waals surface area (Å²) in [4.78, 5) is 12.3. The molecule has 0 unspecified atom stereocenters. The summed E-state index contributed by atoms with van der Waals surface area (Å²) < 4.78 is 13.1. The molecule has 2 aliphatic heterocycles. The molecule has 2 bridgehead atoms. The number of amides is 2. The zero-order chi connectivity index (χ0) is 18.1. The van der Waals surface area contributed by atoms with Gasteiger partial charge in [-0.15, -0.1) is 0 Å². The minimum Gasteiger partial charge on any atom is -0.388 e. The number of rotatable bonds is 4. The average Bonchev–Trinajstić information content (AvgIpc) is 3.26. The van der Waals surface area contributed by atoms with Crippen molar-refractivity contribution in [2.45, 2.75) is 44.1 Å². The third-order valence-corrected chi connectivity index (χ3v) is 4.76. The third kappa shape index (κ3) is 3.31. The second-order valence-corrected chi connectivity index (χ2v) is 6.69. The largest absolute Gasteiger partial charge is 0.388 e. The Labute approximate surface area is 151 Å². The number of benzene rings is 1. The van der Waals surface area contributed by atoms with Gasteiger partial charge in [0.1, 0.15) is 18.2 Å². The van der Waals surface area contributed by atoms with Crippen molar-refractivity contribution >= 4 is 6.03 Å². The zero-order valence-corrected chi connectivity index (χ0v) is 14.4. The molecular formula is C18H22N4O4. The van der Waals surface area contributed by atoms with Crippen LogP contribution in [-0.2, 0) is 16.0 Å². The molecule has 2 saturated heterocycles. The first-order valence-corrected chi connectivity index (χ1v) is 8.66. The molecule has 0 spiro atoms. The second-order valence-electron chi connectivity index (χ2n) is 6.69. The van der Waals surface area contributed by atoms with Crippen LogP contribution in [0, 0.1) is 6.92 Å². The van der Waals surface area contributed by atoms with Crippen molar-refractivity contribution in [1.82, 2.24) is 20.4 Å².